The number of ether oxygens (including phenoxy) is 1. The third-order valence-corrected chi connectivity index (χ3v) is 11.1. The van der Waals surface area contributed by atoms with Crippen molar-refractivity contribution >= 4 is 59.9 Å². The van der Waals surface area contributed by atoms with Crippen LogP contribution in [0.3, 0.4) is 0 Å². The van der Waals surface area contributed by atoms with Gasteiger partial charge in [-0.1, -0.05) is 0 Å². The van der Waals surface area contributed by atoms with Gasteiger partial charge in [-0.15, -0.1) is 0 Å². The molecule has 6 rings (SSSR count). The average Bonchev–Trinajstić information content (AvgIpc) is 2.90. The maximum atomic E-state index is 13.2. The monoisotopic (exact) mass is 631 g/mol. The number of nitrogens with zero attached hydrogens (tertiary/aromatic N) is 6. The number of hydrogen-bond acceptors (Lipinski definition) is 8. The molecule has 0 bridgehead atoms. The second kappa shape index (κ2) is 10.3. The topological polar surface area (TPSA) is 126 Å². The Bertz CT molecular complexity index is 1790. The Kier molecular flexibility index (Phi) is 6.85. The Labute approximate surface area is 248 Å². The quantitative estimate of drug-likeness (QED) is 0.254. The Morgan fingerprint density at radius 1 is 1.22 bits per heavy atom. The van der Waals surface area contributed by atoms with Crippen LogP contribution in [0.5, 0.6) is 0 Å². The van der Waals surface area contributed by atoms with Gasteiger partial charge in [-0.3, -0.25) is 0 Å². The summed E-state index contributed by atoms with van der Waals surface area (Å²) in [7, 11) is 1.75. The second-order valence-electron chi connectivity index (χ2n) is 10.9. The van der Waals surface area contributed by atoms with Crippen molar-refractivity contribution in [3.05, 3.63) is 81.4 Å². The normalized spacial score (nSPS) is 16.0. The van der Waals surface area contributed by atoms with E-state index in [1.54, 1.807) is 47.1 Å². The van der Waals surface area contributed by atoms with Crippen LogP contribution in [0.2, 0.25) is 5.15 Å². The molecule has 0 saturated carbocycles. The summed E-state index contributed by atoms with van der Waals surface area (Å²) in [6.07, 6.45) is 4.40. The fourth-order valence-electron chi connectivity index (χ4n) is 5.24. The SMILES string of the molecule is Cn1c(=O)cc([AsH]C(C)(C)c2ncccn2)c2cc(Nc3cc(C(=O)N4CC5(CCO5)C4)nc(Cl)c3C#N)ccc21. The molecule has 2 aliphatic heterocycles. The number of carbonyl (C=O) groups excluding carboxylic acids is 1. The number of nitriles is 1. The molecule has 41 heavy (non-hydrogen) atoms. The van der Waals surface area contributed by atoms with Gasteiger partial charge in [-0.05, 0) is 0 Å². The number of pyridine rings is 2. The van der Waals surface area contributed by atoms with Crippen molar-refractivity contribution in [2.24, 2.45) is 7.05 Å². The van der Waals surface area contributed by atoms with E-state index in [9.17, 15) is 14.9 Å². The van der Waals surface area contributed by atoms with E-state index in [2.05, 4.69) is 40.2 Å². The molecular formula is C29H27AsClN7O3. The third-order valence-electron chi connectivity index (χ3n) is 7.61. The molecule has 10 nitrogen and oxygen atoms in total. The first-order chi connectivity index (χ1) is 19.6. The third kappa shape index (κ3) is 4.99. The van der Waals surface area contributed by atoms with Gasteiger partial charge < -0.3 is 4.74 Å². The zero-order valence-electron chi connectivity index (χ0n) is 22.7. The van der Waals surface area contributed by atoms with E-state index in [0.29, 0.717) is 24.5 Å². The molecular weight excluding hydrogens is 605 g/mol. The van der Waals surface area contributed by atoms with Gasteiger partial charge >= 0.3 is 231 Å². The van der Waals surface area contributed by atoms with Gasteiger partial charge in [0.2, 0.25) is 0 Å². The van der Waals surface area contributed by atoms with Gasteiger partial charge in [0.15, 0.2) is 0 Å². The summed E-state index contributed by atoms with van der Waals surface area (Å²) in [6.45, 7) is 5.96. The fourth-order valence-corrected chi connectivity index (χ4v) is 8.50. The van der Waals surface area contributed by atoms with Crippen molar-refractivity contribution in [1.29, 1.82) is 5.26 Å². The van der Waals surface area contributed by atoms with Gasteiger partial charge in [0.1, 0.15) is 0 Å². The maximum absolute atomic E-state index is 13.2. The van der Waals surface area contributed by atoms with Crippen molar-refractivity contribution in [1.82, 2.24) is 24.4 Å². The van der Waals surface area contributed by atoms with Crippen LogP contribution in [0, 0.1) is 11.3 Å². The summed E-state index contributed by atoms with van der Waals surface area (Å²) in [5, 5.41) is 14.0. The average molecular weight is 632 g/mol. The molecule has 2 fully saturated rings. The van der Waals surface area contributed by atoms with Gasteiger partial charge in [0, 0.05) is 6.42 Å². The molecule has 1 atom stereocenters. The number of amides is 1. The molecule has 12 heteroatoms. The van der Waals surface area contributed by atoms with Crippen molar-refractivity contribution in [3.63, 3.8) is 0 Å². The number of hydrogen-bond donors (Lipinski definition) is 1. The van der Waals surface area contributed by atoms with Gasteiger partial charge in [-0.2, -0.15) is 0 Å². The molecule has 0 aliphatic carbocycles. The molecule has 4 aromatic rings. The molecule has 1 N–H and O–H groups in total. The number of likely N-dealkylation sites (tertiary alicyclic amines) is 1. The Balaban J connectivity index is 1.35. The summed E-state index contributed by atoms with van der Waals surface area (Å²) >= 11 is 5.46. The van der Waals surface area contributed by atoms with Crippen LogP contribution in [0.4, 0.5) is 11.4 Å². The summed E-state index contributed by atoms with van der Waals surface area (Å²) in [5.41, 5.74) is 1.86. The first-order valence-corrected chi connectivity index (χ1v) is 15.6. The first-order valence-electron chi connectivity index (χ1n) is 13.1. The molecule has 0 radical (unpaired) electrons. The standard InChI is InChI=1S/C29H27AsClN7O3/c1-28(2,27-33-8-4-9-34-27)30-20-12-24(39)37(3)23-6-5-17(11-18(20)23)35-21-13-22(36-25(31)19(21)14-32)26(40)38-15-29(16-38)7-10-41-29/h4-6,8-9,11-13,30H,7,10,15-16H2,1-3H3,(H,35,36). The summed E-state index contributed by atoms with van der Waals surface area (Å²) in [5.74, 6) is 0.481. The number of anilines is 2. The van der Waals surface area contributed by atoms with Gasteiger partial charge in [-0.25, -0.2) is 0 Å². The molecule has 1 amide bonds. The molecule has 1 spiro atoms. The molecule has 5 heterocycles. The van der Waals surface area contributed by atoms with Crippen LogP contribution >= 0.6 is 11.6 Å². The predicted octanol–water partition coefficient (Wildman–Crippen LogP) is 2.60. The van der Waals surface area contributed by atoms with E-state index in [-0.39, 0.29) is 37.7 Å². The second-order valence-corrected chi connectivity index (χ2v) is 15.5. The molecule has 2 aliphatic rings. The zero-order chi connectivity index (χ0) is 28.9. The van der Waals surface area contributed by atoms with Gasteiger partial charge in [0.25, 0.3) is 0 Å². The summed E-state index contributed by atoms with van der Waals surface area (Å²) < 4.78 is 7.90. The van der Waals surface area contributed by atoms with Crippen LogP contribution in [0.1, 0.15) is 42.1 Å². The van der Waals surface area contributed by atoms with E-state index in [1.165, 1.54) is 0 Å². The molecule has 3 aromatic heterocycles. The predicted molar refractivity (Wildman–Crippen MR) is 157 cm³/mol. The zero-order valence-corrected chi connectivity index (χ0v) is 25.6. The van der Waals surface area contributed by atoms with Crippen LogP contribution in [-0.4, -0.2) is 71.4 Å². The van der Waals surface area contributed by atoms with E-state index >= 15 is 0 Å². The number of fused-ring (bicyclic) bond motifs is 1. The number of benzene rings is 1. The number of nitrogens with one attached hydrogen (secondary N) is 1. The van der Waals surface area contributed by atoms with Crippen molar-refractivity contribution < 1.29 is 9.53 Å². The van der Waals surface area contributed by atoms with E-state index in [1.807, 2.05) is 18.2 Å². The van der Waals surface area contributed by atoms with Crippen LogP contribution in [0.15, 0.2) is 53.6 Å². The number of carbonyl (C=O) groups is 1. The molecule has 1 unspecified atom stereocenters. The fraction of sp³-hybridized carbons (Fsp3) is 0.310. The summed E-state index contributed by atoms with van der Waals surface area (Å²) in [6, 6.07) is 12.8. The molecule has 208 valence electrons. The van der Waals surface area contributed by atoms with Crippen LogP contribution in [0.25, 0.3) is 10.9 Å². The van der Waals surface area contributed by atoms with Gasteiger partial charge in [0.05, 0.1) is 6.61 Å². The van der Waals surface area contributed by atoms with Crippen molar-refractivity contribution in [3.8, 4) is 6.07 Å². The Morgan fingerprint density at radius 2 is 1.95 bits per heavy atom. The number of rotatable bonds is 6. The van der Waals surface area contributed by atoms with Crippen molar-refractivity contribution in [2.45, 2.75) is 30.1 Å². The van der Waals surface area contributed by atoms with Crippen molar-refractivity contribution in [2.75, 3.05) is 25.0 Å². The molecule has 1 aromatic carbocycles. The first kappa shape index (κ1) is 27.4. The van der Waals surface area contributed by atoms with E-state index < -0.39 is 15.8 Å². The number of aryl methyl sites for hydroxylation is 1. The minimum absolute atomic E-state index is 0.0452. The van der Waals surface area contributed by atoms with E-state index in [4.69, 9.17) is 16.3 Å². The number of halogens is 1. The number of aromatic nitrogens is 4. The van der Waals surface area contributed by atoms with E-state index in [0.717, 1.165) is 34.1 Å². The van der Waals surface area contributed by atoms with Crippen LogP contribution < -0.4 is 15.2 Å². The Morgan fingerprint density at radius 3 is 2.61 bits per heavy atom. The summed E-state index contributed by atoms with van der Waals surface area (Å²) in [4.78, 5) is 40.8. The van der Waals surface area contributed by atoms with Crippen LogP contribution in [-0.2, 0) is 16.0 Å². The Hall–Kier alpha value is -3.77. The minimum atomic E-state index is -0.924. The molecule has 2 saturated heterocycles.